The molecule has 7 heteroatoms. The number of halogens is 3. The van der Waals surface area contributed by atoms with E-state index < -0.39 is 10.7 Å². The van der Waals surface area contributed by atoms with Crippen molar-refractivity contribution in [2.45, 2.75) is 6.54 Å². The summed E-state index contributed by atoms with van der Waals surface area (Å²) in [4.78, 5) is 10.5. The molecule has 20 heavy (non-hydrogen) atoms. The number of benzene rings is 2. The second-order valence-corrected chi connectivity index (χ2v) is 5.39. The van der Waals surface area contributed by atoms with Crippen LogP contribution in [0.4, 0.5) is 15.8 Å². The minimum atomic E-state index is -0.467. The average molecular weight is 360 g/mol. The summed E-state index contributed by atoms with van der Waals surface area (Å²) >= 11 is 8.93. The van der Waals surface area contributed by atoms with Gasteiger partial charge in [-0.25, -0.2) is 4.39 Å². The van der Waals surface area contributed by atoms with E-state index in [0.29, 0.717) is 15.7 Å². The van der Waals surface area contributed by atoms with E-state index in [1.165, 1.54) is 18.2 Å². The fourth-order valence-electron chi connectivity index (χ4n) is 1.71. The lowest BCUT2D eigenvalue weighted by Gasteiger charge is -2.08. The predicted molar refractivity (Wildman–Crippen MR) is 79.5 cm³/mol. The van der Waals surface area contributed by atoms with Crippen molar-refractivity contribution in [1.29, 1.82) is 0 Å². The highest BCUT2D eigenvalue weighted by molar-refractivity contribution is 9.10. The molecular weight excluding hydrogens is 351 g/mol. The Morgan fingerprint density at radius 3 is 2.70 bits per heavy atom. The third kappa shape index (κ3) is 3.68. The molecule has 4 nitrogen and oxygen atoms in total. The molecule has 2 rings (SSSR count). The summed E-state index contributed by atoms with van der Waals surface area (Å²) in [5.41, 5.74) is 0.958. The molecule has 0 saturated carbocycles. The first kappa shape index (κ1) is 14.7. The minimum Gasteiger partial charge on any atom is -0.381 e. The van der Waals surface area contributed by atoms with Crippen LogP contribution in [0.25, 0.3) is 0 Å². The summed E-state index contributed by atoms with van der Waals surface area (Å²) in [6, 6.07) is 8.79. The van der Waals surface area contributed by atoms with Crippen LogP contribution >= 0.6 is 27.5 Å². The number of nitro benzene ring substituents is 1. The molecule has 0 heterocycles. The second-order valence-electron chi connectivity index (χ2n) is 4.04. The SMILES string of the molecule is O=[N+]([O-])c1cc(Br)ccc1CNc1cc(F)cc(Cl)c1. The van der Waals surface area contributed by atoms with Crippen LogP contribution < -0.4 is 5.32 Å². The van der Waals surface area contributed by atoms with Crippen LogP contribution in [0.2, 0.25) is 5.02 Å². The van der Waals surface area contributed by atoms with E-state index in [1.807, 2.05) is 0 Å². The largest absolute Gasteiger partial charge is 0.381 e. The van der Waals surface area contributed by atoms with Crippen LogP contribution in [-0.4, -0.2) is 4.92 Å². The van der Waals surface area contributed by atoms with Crippen molar-refractivity contribution in [3.8, 4) is 0 Å². The molecule has 0 unspecified atom stereocenters. The van der Waals surface area contributed by atoms with Crippen LogP contribution in [0.3, 0.4) is 0 Å². The lowest BCUT2D eigenvalue weighted by Crippen LogP contribution is -2.03. The van der Waals surface area contributed by atoms with Gasteiger partial charge in [-0.2, -0.15) is 0 Å². The standard InChI is InChI=1S/C13H9BrClFN2O2/c14-9-2-1-8(13(3-9)18(19)20)7-17-12-5-10(15)4-11(16)6-12/h1-6,17H,7H2. The molecule has 0 aliphatic rings. The number of nitro groups is 1. The second kappa shape index (κ2) is 6.19. The first-order valence-corrected chi connectivity index (χ1v) is 6.75. The normalized spacial score (nSPS) is 10.3. The molecule has 104 valence electrons. The van der Waals surface area contributed by atoms with E-state index in [1.54, 1.807) is 18.2 Å². The van der Waals surface area contributed by atoms with Crippen molar-refractivity contribution in [2.24, 2.45) is 0 Å². The third-order valence-corrected chi connectivity index (χ3v) is 3.30. The van der Waals surface area contributed by atoms with Crippen molar-refractivity contribution in [3.63, 3.8) is 0 Å². The van der Waals surface area contributed by atoms with Crippen LogP contribution in [0.1, 0.15) is 5.56 Å². The molecule has 0 bridgehead atoms. The van der Waals surface area contributed by atoms with Crippen molar-refractivity contribution < 1.29 is 9.31 Å². The van der Waals surface area contributed by atoms with E-state index in [2.05, 4.69) is 21.2 Å². The lowest BCUT2D eigenvalue weighted by atomic mass is 10.1. The Bertz CT molecular complexity index is 647. The van der Waals surface area contributed by atoms with Gasteiger partial charge >= 0.3 is 0 Å². The molecule has 0 spiro atoms. The number of rotatable bonds is 4. The molecule has 0 fully saturated rings. The predicted octanol–water partition coefficient (Wildman–Crippen LogP) is 4.76. The topological polar surface area (TPSA) is 55.2 Å². The molecule has 0 radical (unpaired) electrons. The summed E-state index contributed by atoms with van der Waals surface area (Å²) in [6.45, 7) is 0.198. The quantitative estimate of drug-likeness (QED) is 0.632. The smallest absolute Gasteiger partial charge is 0.275 e. The Hall–Kier alpha value is -1.66. The third-order valence-electron chi connectivity index (χ3n) is 2.59. The van der Waals surface area contributed by atoms with Gasteiger partial charge in [-0.3, -0.25) is 10.1 Å². The molecule has 0 saturated heterocycles. The Labute approximate surface area is 127 Å². The van der Waals surface area contributed by atoms with Gasteiger partial charge in [-0.05, 0) is 30.3 Å². The molecule has 0 aliphatic carbocycles. The van der Waals surface area contributed by atoms with E-state index >= 15 is 0 Å². The highest BCUT2D eigenvalue weighted by atomic mass is 79.9. The van der Waals surface area contributed by atoms with Gasteiger partial charge in [-0.15, -0.1) is 0 Å². The number of nitrogens with zero attached hydrogens (tertiary/aromatic N) is 1. The molecule has 2 aromatic carbocycles. The zero-order chi connectivity index (χ0) is 14.7. The molecule has 1 N–H and O–H groups in total. The maximum absolute atomic E-state index is 13.2. The van der Waals surface area contributed by atoms with Gasteiger partial charge in [0.2, 0.25) is 0 Å². The van der Waals surface area contributed by atoms with E-state index in [4.69, 9.17) is 11.6 Å². The number of hydrogen-bond donors (Lipinski definition) is 1. The first-order valence-electron chi connectivity index (χ1n) is 5.58. The lowest BCUT2D eigenvalue weighted by molar-refractivity contribution is -0.385. The first-order chi connectivity index (χ1) is 9.45. The average Bonchev–Trinajstić information content (AvgIpc) is 2.36. The van der Waals surface area contributed by atoms with E-state index in [9.17, 15) is 14.5 Å². The Balaban J connectivity index is 2.20. The minimum absolute atomic E-state index is 0.00521. The fourth-order valence-corrected chi connectivity index (χ4v) is 2.28. The summed E-state index contributed by atoms with van der Waals surface area (Å²) in [5, 5.41) is 14.1. The van der Waals surface area contributed by atoms with Gasteiger partial charge in [0, 0.05) is 33.4 Å². The van der Waals surface area contributed by atoms with Crippen LogP contribution in [-0.2, 0) is 6.54 Å². The fraction of sp³-hybridized carbons (Fsp3) is 0.0769. The summed E-state index contributed by atoms with van der Waals surface area (Å²) < 4.78 is 13.8. The molecule has 2 aromatic rings. The van der Waals surface area contributed by atoms with Gasteiger partial charge in [0.15, 0.2) is 0 Å². The Kier molecular flexibility index (Phi) is 4.57. The number of anilines is 1. The van der Waals surface area contributed by atoms with Gasteiger partial charge in [-0.1, -0.05) is 27.5 Å². The van der Waals surface area contributed by atoms with Gasteiger partial charge in [0.1, 0.15) is 5.82 Å². The number of hydrogen-bond acceptors (Lipinski definition) is 3. The van der Waals surface area contributed by atoms with E-state index in [0.717, 1.165) is 0 Å². The van der Waals surface area contributed by atoms with Crippen LogP contribution in [0.15, 0.2) is 40.9 Å². The van der Waals surface area contributed by atoms with Crippen LogP contribution in [0.5, 0.6) is 0 Å². The van der Waals surface area contributed by atoms with Gasteiger partial charge in [0.25, 0.3) is 5.69 Å². The zero-order valence-electron chi connectivity index (χ0n) is 10.1. The highest BCUT2D eigenvalue weighted by Gasteiger charge is 2.13. The summed E-state index contributed by atoms with van der Waals surface area (Å²) in [6.07, 6.45) is 0. The Morgan fingerprint density at radius 2 is 2.05 bits per heavy atom. The van der Waals surface area contributed by atoms with Crippen molar-refractivity contribution in [3.05, 3.63) is 67.4 Å². The molecular formula is C13H9BrClFN2O2. The Morgan fingerprint density at radius 1 is 1.30 bits per heavy atom. The van der Waals surface area contributed by atoms with Crippen LogP contribution in [0, 0.1) is 15.9 Å². The summed E-state index contributed by atoms with van der Waals surface area (Å²) in [5.74, 6) is -0.467. The maximum atomic E-state index is 13.2. The highest BCUT2D eigenvalue weighted by Crippen LogP contribution is 2.25. The van der Waals surface area contributed by atoms with Gasteiger partial charge < -0.3 is 5.32 Å². The van der Waals surface area contributed by atoms with E-state index in [-0.39, 0.29) is 17.3 Å². The zero-order valence-corrected chi connectivity index (χ0v) is 12.4. The molecule has 0 aliphatic heterocycles. The van der Waals surface area contributed by atoms with Gasteiger partial charge in [0.05, 0.1) is 4.92 Å². The molecule has 0 amide bonds. The van der Waals surface area contributed by atoms with Crippen molar-refractivity contribution in [2.75, 3.05) is 5.32 Å². The van der Waals surface area contributed by atoms with Crippen molar-refractivity contribution in [1.82, 2.24) is 0 Å². The maximum Gasteiger partial charge on any atom is 0.275 e. The van der Waals surface area contributed by atoms with Crippen molar-refractivity contribution >= 4 is 38.9 Å². The number of nitrogens with one attached hydrogen (secondary N) is 1. The monoisotopic (exact) mass is 358 g/mol. The molecule has 0 atom stereocenters. The molecule has 0 aromatic heterocycles. The summed E-state index contributed by atoms with van der Waals surface area (Å²) in [7, 11) is 0.